The number of hydrogen-bond donors (Lipinski definition) is 0. The highest BCUT2D eigenvalue weighted by atomic mass is 15.2. The van der Waals surface area contributed by atoms with Crippen molar-refractivity contribution in [3.05, 3.63) is 228 Å². The number of nitrogens with zero attached hydrogens (tertiary/aromatic N) is 3. The van der Waals surface area contributed by atoms with Crippen molar-refractivity contribution in [2.75, 3.05) is 21.7 Å². The zero-order valence-corrected chi connectivity index (χ0v) is 33.2. The van der Waals surface area contributed by atoms with Crippen LogP contribution in [0.4, 0.5) is 28.4 Å². The minimum atomic E-state index is 0.189. The van der Waals surface area contributed by atoms with Gasteiger partial charge < -0.3 is 14.7 Å². The third-order valence-electron chi connectivity index (χ3n) is 12.5. The van der Waals surface area contributed by atoms with E-state index >= 15 is 0 Å². The maximum Gasteiger partial charge on any atom is 0.0600 e. The molecule has 1 heterocycles. The summed E-state index contributed by atoms with van der Waals surface area (Å²) >= 11 is 0. The Labute approximate surface area is 344 Å². The number of likely N-dealkylation sites (N-methyl/N-ethyl adjacent to an activating group) is 1. The first-order valence-electron chi connectivity index (χ1n) is 20.9. The molecule has 0 radical (unpaired) electrons. The summed E-state index contributed by atoms with van der Waals surface area (Å²) in [6.07, 6.45) is 32.6. The first-order valence-corrected chi connectivity index (χ1v) is 20.9. The topological polar surface area (TPSA) is 9.72 Å². The van der Waals surface area contributed by atoms with Gasteiger partial charge in [-0.05, 0) is 120 Å². The third-order valence-corrected chi connectivity index (χ3v) is 12.5. The smallest absolute Gasteiger partial charge is 0.0600 e. The van der Waals surface area contributed by atoms with E-state index in [1.165, 1.54) is 56.0 Å². The molecule has 0 saturated heterocycles. The maximum atomic E-state index is 2.58. The molecule has 4 aliphatic carbocycles. The molecular formula is C55H49N3. The van der Waals surface area contributed by atoms with E-state index in [1.54, 1.807) is 0 Å². The molecule has 0 saturated carbocycles. The minimum absolute atomic E-state index is 0.189. The lowest BCUT2D eigenvalue weighted by molar-refractivity contribution is 0.688. The minimum Gasteiger partial charge on any atom is -0.367 e. The molecule has 1 aliphatic heterocycles. The Balaban J connectivity index is 0.937. The molecule has 3 unspecified atom stereocenters. The number of allylic oxidation sites excluding steroid dienone is 12. The second-order valence-corrected chi connectivity index (χ2v) is 16.0. The first-order chi connectivity index (χ1) is 28.7. The quantitative estimate of drug-likeness (QED) is 0.148. The third kappa shape index (κ3) is 6.92. The van der Waals surface area contributed by atoms with Gasteiger partial charge in [0.2, 0.25) is 0 Å². The number of benzene rings is 5. The van der Waals surface area contributed by atoms with Crippen molar-refractivity contribution in [1.82, 2.24) is 0 Å². The number of anilines is 5. The van der Waals surface area contributed by atoms with Crippen LogP contribution in [0.2, 0.25) is 0 Å². The summed E-state index contributed by atoms with van der Waals surface area (Å²) in [5.41, 5.74) is 16.7. The highest BCUT2D eigenvalue weighted by molar-refractivity contribution is 5.90. The Hall–Kier alpha value is -6.58. The van der Waals surface area contributed by atoms with Crippen molar-refractivity contribution < 1.29 is 0 Å². The van der Waals surface area contributed by atoms with Gasteiger partial charge in [0, 0.05) is 59.1 Å². The predicted octanol–water partition coefficient (Wildman–Crippen LogP) is 13.9. The van der Waals surface area contributed by atoms with Crippen molar-refractivity contribution in [3.63, 3.8) is 0 Å². The molecule has 3 atom stereocenters. The monoisotopic (exact) mass is 751 g/mol. The lowest BCUT2D eigenvalue weighted by Crippen LogP contribution is -2.38. The average Bonchev–Trinajstić information content (AvgIpc) is 3.59. The summed E-state index contributed by atoms with van der Waals surface area (Å²) in [5.74, 6) is 0.423. The maximum absolute atomic E-state index is 2.58. The Kier molecular flexibility index (Phi) is 9.72. The summed E-state index contributed by atoms with van der Waals surface area (Å²) in [6, 6.07) is 47.8. The van der Waals surface area contributed by atoms with Crippen molar-refractivity contribution >= 4 is 45.2 Å². The van der Waals surface area contributed by atoms with Gasteiger partial charge in [0.05, 0.1) is 12.1 Å². The SMILES string of the molecule is CN1c2ccccc2C2=CC=C(N(c3ccccc3)C3C=CC=C(c4ccc(N(c5ccc(C6=CCCC=C6)cc5)c5ccc(C6C=CC=CC6)cc5)cc4)C3)CC21. The normalized spacial score (nSPS) is 20.4. The molecule has 10 rings (SSSR count). The molecule has 284 valence electrons. The van der Waals surface area contributed by atoms with Crippen LogP contribution in [0, 0.1) is 0 Å². The van der Waals surface area contributed by atoms with Crippen LogP contribution in [0.3, 0.4) is 0 Å². The van der Waals surface area contributed by atoms with Crippen LogP contribution in [-0.4, -0.2) is 19.1 Å². The van der Waals surface area contributed by atoms with Gasteiger partial charge in [-0.3, -0.25) is 0 Å². The summed E-state index contributed by atoms with van der Waals surface area (Å²) in [5, 5.41) is 0. The molecule has 0 amide bonds. The Morgan fingerprint density at radius 2 is 1.31 bits per heavy atom. The highest BCUT2D eigenvalue weighted by Gasteiger charge is 2.36. The second kappa shape index (κ2) is 15.8. The predicted molar refractivity (Wildman–Crippen MR) is 247 cm³/mol. The number of rotatable bonds is 9. The van der Waals surface area contributed by atoms with Crippen molar-refractivity contribution in [2.24, 2.45) is 0 Å². The number of fused-ring (bicyclic) bond motifs is 3. The number of para-hydroxylation sites is 2. The molecule has 3 heteroatoms. The van der Waals surface area contributed by atoms with Crippen molar-refractivity contribution in [2.45, 2.75) is 50.1 Å². The van der Waals surface area contributed by atoms with Gasteiger partial charge >= 0.3 is 0 Å². The van der Waals surface area contributed by atoms with Crippen LogP contribution in [-0.2, 0) is 0 Å². The summed E-state index contributed by atoms with van der Waals surface area (Å²) in [7, 11) is 2.25. The number of hydrogen-bond acceptors (Lipinski definition) is 3. The molecular weight excluding hydrogens is 703 g/mol. The van der Waals surface area contributed by atoms with Crippen molar-refractivity contribution in [1.29, 1.82) is 0 Å². The second-order valence-electron chi connectivity index (χ2n) is 16.0. The molecule has 0 fully saturated rings. The average molecular weight is 752 g/mol. The fraction of sp³-hybridized carbons (Fsp3) is 0.164. The van der Waals surface area contributed by atoms with E-state index in [2.05, 4.69) is 222 Å². The first kappa shape index (κ1) is 35.8. The standard InChI is InChI=1S/C55H49N3/c1-56-54-23-12-11-22-52(54)53-37-36-51(39-55(53)56)58(46-19-9-4-10-20-46)50-21-13-18-45(38-50)44-28-34-49(35-29-44)57(47-30-24-42(25-31-47)40-14-5-2-6-15-40)48-32-26-43(27-33-48)41-16-7-3-8-17-41/h2,4-7,9-14,16-37,40,50,55H,3,8,15,38-39H2,1H3. The van der Waals surface area contributed by atoms with E-state index < -0.39 is 0 Å². The van der Waals surface area contributed by atoms with Crippen molar-refractivity contribution in [3.8, 4) is 0 Å². The van der Waals surface area contributed by atoms with Gasteiger partial charge in [-0.1, -0.05) is 140 Å². The lowest BCUT2D eigenvalue weighted by atomic mass is 9.90. The zero-order chi connectivity index (χ0) is 38.8. The van der Waals surface area contributed by atoms with Gasteiger partial charge in [0.15, 0.2) is 0 Å². The van der Waals surface area contributed by atoms with E-state index in [4.69, 9.17) is 0 Å². The zero-order valence-electron chi connectivity index (χ0n) is 33.2. The lowest BCUT2D eigenvalue weighted by Gasteiger charge is -2.39. The van der Waals surface area contributed by atoms with E-state index in [-0.39, 0.29) is 6.04 Å². The Bertz CT molecular complexity index is 2540. The molecule has 5 aliphatic rings. The molecule has 5 aromatic carbocycles. The van der Waals surface area contributed by atoms with Gasteiger partial charge in [-0.25, -0.2) is 0 Å². The van der Waals surface area contributed by atoms with Gasteiger partial charge in [0.25, 0.3) is 0 Å². The van der Waals surface area contributed by atoms with Crippen LogP contribution in [0.5, 0.6) is 0 Å². The fourth-order valence-corrected chi connectivity index (χ4v) is 9.47. The van der Waals surface area contributed by atoms with E-state index in [0.717, 1.165) is 49.2 Å². The van der Waals surface area contributed by atoms with Crippen LogP contribution >= 0.6 is 0 Å². The van der Waals surface area contributed by atoms with Crippen LogP contribution in [0.1, 0.15) is 60.3 Å². The molecule has 3 nitrogen and oxygen atoms in total. The van der Waals surface area contributed by atoms with Crippen LogP contribution < -0.4 is 14.7 Å². The fourth-order valence-electron chi connectivity index (χ4n) is 9.47. The molecule has 0 bridgehead atoms. The van der Waals surface area contributed by atoms with Gasteiger partial charge in [-0.15, -0.1) is 0 Å². The Morgan fingerprint density at radius 1 is 0.586 bits per heavy atom. The molecule has 0 aromatic heterocycles. The summed E-state index contributed by atoms with van der Waals surface area (Å²) in [4.78, 5) is 7.43. The van der Waals surface area contributed by atoms with Crippen LogP contribution in [0.25, 0.3) is 16.7 Å². The molecule has 0 N–H and O–H groups in total. The molecule has 0 spiro atoms. The van der Waals surface area contributed by atoms with E-state index in [1.807, 2.05) is 0 Å². The summed E-state index contributed by atoms with van der Waals surface area (Å²) < 4.78 is 0. The van der Waals surface area contributed by atoms with Gasteiger partial charge in [-0.2, -0.15) is 0 Å². The molecule has 5 aromatic rings. The molecule has 58 heavy (non-hydrogen) atoms. The largest absolute Gasteiger partial charge is 0.367 e. The summed E-state index contributed by atoms with van der Waals surface area (Å²) in [6.45, 7) is 0. The van der Waals surface area contributed by atoms with E-state index in [9.17, 15) is 0 Å². The van der Waals surface area contributed by atoms with E-state index in [0.29, 0.717) is 12.0 Å². The Morgan fingerprint density at radius 3 is 2.03 bits per heavy atom. The highest BCUT2D eigenvalue weighted by Crippen LogP contribution is 2.45. The van der Waals surface area contributed by atoms with Gasteiger partial charge in [0.1, 0.15) is 0 Å². The van der Waals surface area contributed by atoms with Crippen LogP contribution in [0.15, 0.2) is 206 Å².